The molecule has 0 radical (unpaired) electrons. The molecule has 5 rings (SSSR count). The Labute approximate surface area is 206 Å². The van der Waals surface area contributed by atoms with Crippen LogP contribution in [0.15, 0.2) is 53.3 Å². The molecule has 1 atom stereocenters. The Bertz CT molecular complexity index is 1350. The lowest BCUT2D eigenvalue weighted by Gasteiger charge is -2.35. The summed E-state index contributed by atoms with van der Waals surface area (Å²) in [7, 11) is 0. The van der Waals surface area contributed by atoms with Crippen LogP contribution in [0, 0.1) is 13.8 Å². The van der Waals surface area contributed by atoms with Gasteiger partial charge in [0, 0.05) is 18.2 Å². The standard InChI is InChI=1S/C28H34N6O/c1-4-25(27-30-31-32-34(27)17-21-10-6-5-7-11-21)33(24-12-8-9-13-24)18-23-16-22-15-14-19(2)20(3)26(22)29-28(23)35/h5-7,10-11,14-16,24-25H,4,8-9,12-13,17-18H2,1-3H3,(H,29,35)/t25-/m0/s1. The molecule has 0 spiro atoms. The van der Waals surface area contributed by atoms with Gasteiger partial charge in [0.25, 0.3) is 5.56 Å². The lowest BCUT2D eigenvalue weighted by atomic mass is 10.0. The van der Waals surface area contributed by atoms with E-state index in [1.54, 1.807) is 0 Å². The third kappa shape index (κ3) is 4.78. The summed E-state index contributed by atoms with van der Waals surface area (Å²) < 4.78 is 1.92. The van der Waals surface area contributed by atoms with Crippen LogP contribution in [-0.4, -0.2) is 36.1 Å². The Hall–Kier alpha value is -3.32. The molecule has 182 valence electrons. The Balaban J connectivity index is 1.51. The predicted octanol–water partition coefficient (Wildman–Crippen LogP) is 5.08. The number of tetrazole rings is 1. The number of pyridine rings is 1. The average Bonchev–Trinajstić information content (AvgIpc) is 3.56. The highest BCUT2D eigenvalue weighted by molar-refractivity contribution is 5.83. The second-order valence-corrected chi connectivity index (χ2v) is 9.81. The SMILES string of the molecule is CC[C@@H](c1nnnn1Cc1ccccc1)N(Cc1cc2ccc(C)c(C)c2[nH]c1=O)C1CCCC1. The van der Waals surface area contributed by atoms with Gasteiger partial charge in [0.2, 0.25) is 0 Å². The van der Waals surface area contributed by atoms with Crippen LogP contribution in [0.25, 0.3) is 10.9 Å². The van der Waals surface area contributed by atoms with Crippen molar-refractivity contribution in [2.45, 2.75) is 78.0 Å². The summed E-state index contributed by atoms with van der Waals surface area (Å²) in [4.78, 5) is 18.9. The molecule has 7 heteroatoms. The maximum atomic E-state index is 13.2. The fourth-order valence-electron chi connectivity index (χ4n) is 5.50. The molecule has 1 fully saturated rings. The molecular weight excluding hydrogens is 436 g/mol. The summed E-state index contributed by atoms with van der Waals surface area (Å²) in [6.07, 6.45) is 5.59. The first-order chi connectivity index (χ1) is 17.0. The van der Waals surface area contributed by atoms with E-state index in [1.807, 2.05) is 22.9 Å². The summed E-state index contributed by atoms with van der Waals surface area (Å²) in [5.41, 5.74) is 5.21. The van der Waals surface area contributed by atoms with Gasteiger partial charge in [0.1, 0.15) is 0 Å². The van der Waals surface area contributed by atoms with Crippen LogP contribution >= 0.6 is 0 Å². The molecule has 0 saturated heterocycles. The molecule has 2 heterocycles. The highest BCUT2D eigenvalue weighted by atomic mass is 16.1. The third-order valence-electron chi connectivity index (χ3n) is 7.59. The van der Waals surface area contributed by atoms with E-state index in [0.717, 1.165) is 47.1 Å². The number of nitrogens with one attached hydrogen (secondary N) is 1. The van der Waals surface area contributed by atoms with Gasteiger partial charge in [-0.05, 0) is 71.7 Å². The van der Waals surface area contributed by atoms with Gasteiger partial charge in [0.15, 0.2) is 5.82 Å². The fourth-order valence-corrected chi connectivity index (χ4v) is 5.50. The number of hydrogen-bond donors (Lipinski definition) is 1. The molecule has 7 nitrogen and oxygen atoms in total. The number of H-pyrrole nitrogens is 1. The lowest BCUT2D eigenvalue weighted by Crippen LogP contribution is -2.39. The molecule has 2 aromatic carbocycles. The zero-order chi connectivity index (χ0) is 24.4. The van der Waals surface area contributed by atoms with Gasteiger partial charge >= 0.3 is 0 Å². The summed E-state index contributed by atoms with van der Waals surface area (Å²) in [5, 5.41) is 13.9. The van der Waals surface area contributed by atoms with Crippen LogP contribution in [0.4, 0.5) is 0 Å². The molecular formula is C28H34N6O. The number of benzene rings is 2. The Morgan fingerprint density at radius 1 is 1.11 bits per heavy atom. The van der Waals surface area contributed by atoms with Gasteiger partial charge in [-0.3, -0.25) is 9.69 Å². The first-order valence-corrected chi connectivity index (χ1v) is 12.7. The minimum Gasteiger partial charge on any atom is -0.321 e. The molecule has 4 aromatic rings. The molecule has 0 aliphatic heterocycles. The van der Waals surface area contributed by atoms with E-state index < -0.39 is 0 Å². The van der Waals surface area contributed by atoms with Crippen LogP contribution < -0.4 is 5.56 Å². The quantitative estimate of drug-likeness (QED) is 0.389. The highest BCUT2D eigenvalue weighted by Crippen LogP contribution is 2.34. The van der Waals surface area contributed by atoms with Crippen molar-refractivity contribution < 1.29 is 0 Å². The maximum Gasteiger partial charge on any atom is 0.252 e. The Morgan fingerprint density at radius 3 is 2.63 bits per heavy atom. The van der Waals surface area contributed by atoms with Crippen molar-refractivity contribution in [2.24, 2.45) is 0 Å². The minimum absolute atomic E-state index is 0.00655. The van der Waals surface area contributed by atoms with E-state index in [4.69, 9.17) is 0 Å². The number of aryl methyl sites for hydroxylation is 2. The summed E-state index contributed by atoms with van der Waals surface area (Å²) in [5.74, 6) is 0.868. The number of rotatable bonds is 8. The normalized spacial score (nSPS) is 15.3. The molecule has 35 heavy (non-hydrogen) atoms. The largest absolute Gasteiger partial charge is 0.321 e. The topological polar surface area (TPSA) is 79.7 Å². The van der Waals surface area contributed by atoms with Crippen molar-refractivity contribution in [3.63, 3.8) is 0 Å². The van der Waals surface area contributed by atoms with Crippen molar-refractivity contribution in [2.75, 3.05) is 0 Å². The number of aromatic nitrogens is 5. The number of hydrogen-bond acceptors (Lipinski definition) is 5. The van der Waals surface area contributed by atoms with Crippen LogP contribution in [0.3, 0.4) is 0 Å². The van der Waals surface area contributed by atoms with E-state index >= 15 is 0 Å². The molecule has 0 amide bonds. The molecule has 2 aromatic heterocycles. The second-order valence-electron chi connectivity index (χ2n) is 9.81. The van der Waals surface area contributed by atoms with E-state index in [0.29, 0.717) is 19.1 Å². The number of aromatic amines is 1. The first-order valence-electron chi connectivity index (χ1n) is 12.7. The molecule has 0 bridgehead atoms. The highest BCUT2D eigenvalue weighted by Gasteiger charge is 2.32. The van der Waals surface area contributed by atoms with Crippen molar-refractivity contribution >= 4 is 10.9 Å². The summed E-state index contributed by atoms with van der Waals surface area (Å²) in [6.45, 7) is 7.55. The monoisotopic (exact) mass is 470 g/mol. The molecule has 0 unspecified atom stereocenters. The Kier molecular flexibility index (Phi) is 6.77. The zero-order valence-electron chi connectivity index (χ0n) is 20.9. The summed E-state index contributed by atoms with van der Waals surface area (Å²) in [6, 6.07) is 17.0. The van der Waals surface area contributed by atoms with Crippen molar-refractivity contribution in [1.82, 2.24) is 30.1 Å². The van der Waals surface area contributed by atoms with Crippen LogP contribution in [0.5, 0.6) is 0 Å². The van der Waals surface area contributed by atoms with Crippen LogP contribution in [0.1, 0.15) is 73.1 Å². The third-order valence-corrected chi connectivity index (χ3v) is 7.59. The van der Waals surface area contributed by atoms with Gasteiger partial charge in [-0.2, -0.15) is 0 Å². The second kappa shape index (κ2) is 10.1. The van der Waals surface area contributed by atoms with Gasteiger partial charge in [-0.15, -0.1) is 5.10 Å². The summed E-state index contributed by atoms with van der Waals surface area (Å²) >= 11 is 0. The zero-order valence-corrected chi connectivity index (χ0v) is 20.9. The molecule has 1 aliphatic carbocycles. The van der Waals surface area contributed by atoms with Crippen molar-refractivity contribution in [3.05, 3.63) is 87.0 Å². The van der Waals surface area contributed by atoms with Crippen LogP contribution in [-0.2, 0) is 13.1 Å². The fraction of sp³-hybridized carbons (Fsp3) is 0.429. The van der Waals surface area contributed by atoms with Gasteiger partial charge < -0.3 is 4.98 Å². The minimum atomic E-state index is -0.00655. The number of nitrogens with zero attached hydrogens (tertiary/aromatic N) is 5. The maximum absolute atomic E-state index is 13.2. The van der Waals surface area contributed by atoms with E-state index in [2.05, 4.69) is 76.5 Å². The van der Waals surface area contributed by atoms with E-state index in [-0.39, 0.29) is 11.6 Å². The van der Waals surface area contributed by atoms with E-state index in [1.165, 1.54) is 24.0 Å². The predicted molar refractivity (Wildman–Crippen MR) is 138 cm³/mol. The molecule has 1 aliphatic rings. The number of fused-ring (bicyclic) bond motifs is 1. The van der Waals surface area contributed by atoms with Crippen LogP contribution in [0.2, 0.25) is 0 Å². The van der Waals surface area contributed by atoms with Crippen molar-refractivity contribution in [3.8, 4) is 0 Å². The van der Waals surface area contributed by atoms with E-state index in [9.17, 15) is 4.79 Å². The smallest absolute Gasteiger partial charge is 0.252 e. The van der Waals surface area contributed by atoms with Crippen molar-refractivity contribution in [1.29, 1.82) is 0 Å². The van der Waals surface area contributed by atoms with Gasteiger partial charge in [0.05, 0.1) is 18.1 Å². The molecule has 1 saturated carbocycles. The first kappa shape index (κ1) is 23.4. The average molecular weight is 471 g/mol. The van der Waals surface area contributed by atoms with Gasteiger partial charge in [-0.1, -0.05) is 62.2 Å². The van der Waals surface area contributed by atoms with Gasteiger partial charge in [-0.25, -0.2) is 4.68 Å². The lowest BCUT2D eigenvalue weighted by molar-refractivity contribution is 0.112. The Morgan fingerprint density at radius 2 is 1.89 bits per heavy atom. The molecule has 1 N–H and O–H groups in total.